The van der Waals surface area contributed by atoms with Crippen molar-refractivity contribution in [3.63, 3.8) is 0 Å². The summed E-state index contributed by atoms with van der Waals surface area (Å²) in [7, 11) is 1.65. The predicted molar refractivity (Wildman–Crippen MR) is 113 cm³/mol. The molecule has 3 unspecified atom stereocenters. The van der Waals surface area contributed by atoms with E-state index in [4.69, 9.17) is 4.74 Å². The van der Waals surface area contributed by atoms with Gasteiger partial charge in [-0.25, -0.2) is 0 Å². The molecule has 28 heavy (non-hydrogen) atoms. The van der Waals surface area contributed by atoms with Crippen LogP contribution in [0.15, 0.2) is 29.4 Å². The number of hydrogen-bond acceptors (Lipinski definition) is 5. The molecule has 1 aromatic heterocycles. The number of nitrogens with one attached hydrogen (secondary N) is 1. The van der Waals surface area contributed by atoms with Gasteiger partial charge in [0, 0.05) is 18.2 Å². The highest BCUT2D eigenvalue weighted by atomic mass is 32.2. The molecule has 1 N–H and O–H groups in total. The molecule has 7 heteroatoms. The Morgan fingerprint density at radius 3 is 2.64 bits per heavy atom. The van der Waals surface area contributed by atoms with Crippen molar-refractivity contribution in [2.75, 3.05) is 7.11 Å². The molecule has 1 aliphatic carbocycles. The molecule has 3 atom stereocenters. The van der Waals surface area contributed by atoms with E-state index < -0.39 is 0 Å². The Balaban J connectivity index is 1.69. The summed E-state index contributed by atoms with van der Waals surface area (Å²) < 4.78 is 7.28. The molecule has 0 spiro atoms. The lowest BCUT2D eigenvalue weighted by Crippen LogP contribution is -2.44. The van der Waals surface area contributed by atoms with Crippen LogP contribution in [-0.4, -0.2) is 39.1 Å². The van der Waals surface area contributed by atoms with E-state index >= 15 is 0 Å². The number of amides is 1. The maximum atomic E-state index is 12.7. The lowest BCUT2D eigenvalue weighted by atomic mass is 9.86. The Bertz CT molecular complexity index is 790. The Labute approximate surface area is 171 Å². The number of rotatable bonds is 7. The average molecular weight is 403 g/mol. The molecule has 1 aliphatic rings. The molecule has 6 nitrogen and oxygen atoms in total. The van der Waals surface area contributed by atoms with Crippen LogP contribution in [0.25, 0.3) is 11.4 Å². The van der Waals surface area contributed by atoms with Gasteiger partial charge in [0.2, 0.25) is 5.91 Å². The molecule has 152 valence electrons. The molecule has 1 amide bonds. The van der Waals surface area contributed by atoms with Gasteiger partial charge in [-0.15, -0.1) is 10.2 Å². The van der Waals surface area contributed by atoms with Crippen molar-refractivity contribution in [3.8, 4) is 17.1 Å². The van der Waals surface area contributed by atoms with Crippen LogP contribution in [0.5, 0.6) is 5.75 Å². The van der Waals surface area contributed by atoms with E-state index in [-0.39, 0.29) is 11.2 Å². The summed E-state index contributed by atoms with van der Waals surface area (Å²) in [6.45, 7) is 6.98. The first-order chi connectivity index (χ1) is 13.5. The van der Waals surface area contributed by atoms with Crippen LogP contribution in [-0.2, 0) is 11.3 Å². The molecule has 0 saturated heterocycles. The van der Waals surface area contributed by atoms with Gasteiger partial charge in [0.15, 0.2) is 11.0 Å². The number of aromatic nitrogens is 3. The van der Waals surface area contributed by atoms with Crippen LogP contribution in [0.2, 0.25) is 0 Å². The van der Waals surface area contributed by atoms with Gasteiger partial charge < -0.3 is 14.6 Å². The number of carbonyl (C=O) groups is 1. The van der Waals surface area contributed by atoms with Gasteiger partial charge in [0.05, 0.1) is 12.4 Å². The minimum absolute atomic E-state index is 0.0837. The van der Waals surface area contributed by atoms with E-state index in [1.807, 2.05) is 31.2 Å². The van der Waals surface area contributed by atoms with Crippen LogP contribution < -0.4 is 10.1 Å². The topological polar surface area (TPSA) is 69.0 Å². The zero-order valence-corrected chi connectivity index (χ0v) is 18.0. The lowest BCUT2D eigenvalue weighted by Gasteiger charge is -2.30. The summed E-state index contributed by atoms with van der Waals surface area (Å²) in [5.41, 5.74) is 0.982. The number of nitrogens with zero attached hydrogens (tertiary/aromatic N) is 3. The summed E-state index contributed by atoms with van der Waals surface area (Å²) in [6.07, 6.45) is 4.75. The fourth-order valence-electron chi connectivity index (χ4n) is 3.66. The average Bonchev–Trinajstić information content (AvgIpc) is 3.12. The van der Waals surface area contributed by atoms with Gasteiger partial charge in [-0.1, -0.05) is 31.5 Å². The van der Waals surface area contributed by atoms with Crippen molar-refractivity contribution in [1.82, 2.24) is 20.1 Å². The van der Waals surface area contributed by atoms with E-state index in [2.05, 4.69) is 33.9 Å². The molecule has 1 saturated carbocycles. The zero-order valence-electron chi connectivity index (χ0n) is 17.1. The number of hydrogen-bond donors (Lipinski definition) is 1. The zero-order chi connectivity index (χ0) is 20.1. The third-order valence-corrected chi connectivity index (χ3v) is 6.55. The highest BCUT2D eigenvalue weighted by Gasteiger charge is 2.26. The Morgan fingerprint density at radius 2 is 2.00 bits per heavy atom. The second-order valence-electron chi connectivity index (χ2n) is 7.42. The molecule has 1 fully saturated rings. The number of thioether (sulfide) groups is 1. The Hall–Kier alpha value is -2.02. The predicted octanol–water partition coefficient (Wildman–Crippen LogP) is 4.15. The lowest BCUT2D eigenvalue weighted by molar-refractivity contribution is -0.121. The van der Waals surface area contributed by atoms with Gasteiger partial charge in [-0.05, 0) is 56.9 Å². The number of benzene rings is 1. The van der Waals surface area contributed by atoms with Crippen molar-refractivity contribution >= 4 is 17.7 Å². The number of methoxy groups -OCH3 is 1. The van der Waals surface area contributed by atoms with Crippen LogP contribution in [0.1, 0.15) is 46.5 Å². The SMILES string of the molecule is CCn1c(SC(C)C(=O)NC2CCCCC2C)nnc1-c1ccc(OC)cc1. The molecule has 0 aliphatic heterocycles. The van der Waals surface area contributed by atoms with E-state index in [9.17, 15) is 4.79 Å². The third kappa shape index (κ3) is 4.69. The largest absolute Gasteiger partial charge is 0.497 e. The summed E-state index contributed by atoms with van der Waals surface area (Å²) in [5, 5.41) is 12.5. The van der Waals surface area contributed by atoms with Crippen molar-refractivity contribution in [1.29, 1.82) is 0 Å². The monoisotopic (exact) mass is 402 g/mol. The smallest absolute Gasteiger partial charge is 0.233 e. The van der Waals surface area contributed by atoms with Gasteiger partial charge in [-0.2, -0.15) is 0 Å². The molecule has 0 radical (unpaired) electrons. The minimum Gasteiger partial charge on any atom is -0.497 e. The summed E-state index contributed by atoms with van der Waals surface area (Å²) in [5.74, 6) is 2.25. The third-order valence-electron chi connectivity index (χ3n) is 5.47. The van der Waals surface area contributed by atoms with Gasteiger partial charge in [0.25, 0.3) is 0 Å². The maximum Gasteiger partial charge on any atom is 0.233 e. The van der Waals surface area contributed by atoms with Gasteiger partial charge >= 0.3 is 0 Å². The normalized spacial score (nSPS) is 20.6. The highest BCUT2D eigenvalue weighted by Crippen LogP contribution is 2.29. The van der Waals surface area contributed by atoms with Crippen molar-refractivity contribution < 1.29 is 9.53 Å². The van der Waals surface area contributed by atoms with Gasteiger partial charge in [0.1, 0.15) is 5.75 Å². The second kappa shape index (κ2) is 9.45. The van der Waals surface area contributed by atoms with E-state index in [0.29, 0.717) is 12.0 Å². The maximum absolute atomic E-state index is 12.7. The number of carbonyl (C=O) groups excluding carboxylic acids is 1. The van der Waals surface area contributed by atoms with E-state index in [1.165, 1.54) is 31.0 Å². The first-order valence-electron chi connectivity index (χ1n) is 10.1. The molecule has 3 rings (SSSR count). The van der Waals surface area contributed by atoms with Crippen molar-refractivity contribution in [3.05, 3.63) is 24.3 Å². The Morgan fingerprint density at radius 1 is 1.29 bits per heavy atom. The fraction of sp³-hybridized carbons (Fsp3) is 0.571. The minimum atomic E-state index is -0.215. The van der Waals surface area contributed by atoms with Crippen LogP contribution in [0.4, 0.5) is 0 Å². The summed E-state index contributed by atoms with van der Waals surface area (Å²) >= 11 is 1.47. The molecule has 1 heterocycles. The quantitative estimate of drug-likeness (QED) is 0.705. The Kier molecular flexibility index (Phi) is 6.99. The summed E-state index contributed by atoms with van der Waals surface area (Å²) in [4.78, 5) is 12.7. The van der Waals surface area contributed by atoms with Gasteiger partial charge in [-0.3, -0.25) is 4.79 Å². The molecular formula is C21H30N4O2S. The van der Waals surface area contributed by atoms with Crippen molar-refractivity contribution in [2.24, 2.45) is 5.92 Å². The molecule has 1 aromatic carbocycles. The fourth-order valence-corrected chi connectivity index (χ4v) is 4.58. The molecule has 2 aromatic rings. The van der Waals surface area contributed by atoms with Crippen LogP contribution >= 0.6 is 11.8 Å². The molecule has 0 bridgehead atoms. The van der Waals surface area contributed by atoms with Crippen LogP contribution in [0.3, 0.4) is 0 Å². The second-order valence-corrected chi connectivity index (χ2v) is 8.72. The van der Waals surface area contributed by atoms with E-state index in [1.54, 1.807) is 7.11 Å². The standard InChI is InChI=1S/C21H30N4O2S/c1-5-25-19(16-10-12-17(27-4)13-11-16)23-24-21(25)28-15(3)20(26)22-18-9-7-6-8-14(18)2/h10-15,18H,5-9H2,1-4H3,(H,22,26). The summed E-state index contributed by atoms with van der Waals surface area (Å²) in [6, 6.07) is 8.08. The van der Waals surface area contributed by atoms with E-state index in [0.717, 1.165) is 35.3 Å². The van der Waals surface area contributed by atoms with Crippen LogP contribution in [0, 0.1) is 5.92 Å². The molecular weight excluding hydrogens is 372 g/mol. The highest BCUT2D eigenvalue weighted by molar-refractivity contribution is 8.00. The number of ether oxygens (including phenoxy) is 1. The first kappa shape index (κ1) is 20.7. The van der Waals surface area contributed by atoms with Crippen molar-refractivity contribution in [2.45, 2.75) is 69.4 Å². The first-order valence-corrected chi connectivity index (χ1v) is 11.0.